The van der Waals surface area contributed by atoms with Crippen molar-refractivity contribution in [3.63, 3.8) is 0 Å². The second-order valence-corrected chi connectivity index (χ2v) is 3.26. The molecule has 0 aliphatic rings. The van der Waals surface area contributed by atoms with E-state index in [1.165, 1.54) is 0 Å². The lowest BCUT2D eigenvalue weighted by Crippen LogP contribution is -2.00. The van der Waals surface area contributed by atoms with E-state index in [9.17, 15) is 0 Å². The highest BCUT2D eigenvalue weighted by Crippen LogP contribution is 2.16. The predicted octanol–water partition coefficient (Wildman–Crippen LogP) is 1.95. The quantitative estimate of drug-likeness (QED) is 0.604. The molecule has 4 heteroatoms. The summed E-state index contributed by atoms with van der Waals surface area (Å²) >= 11 is 5.78. The fourth-order valence-corrected chi connectivity index (χ4v) is 1.31. The monoisotopic (exact) mass is 216 g/mol. The number of ether oxygens (including phenoxy) is 2. The van der Waals surface area contributed by atoms with Gasteiger partial charge in [-0.05, 0) is 23.3 Å². The Kier molecular flexibility index (Phi) is 4.90. The first-order chi connectivity index (χ1) is 6.77. The highest BCUT2D eigenvalue weighted by Gasteiger charge is 2.02. The maximum atomic E-state index is 9.05. The third-order valence-electron chi connectivity index (χ3n) is 1.80. The molecule has 0 saturated carbocycles. The molecule has 1 aromatic rings. The molecule has 1 N–H and O–H groups in total. The Morgan fingerprint density at radius 3 is 2.79 bits per heavy atom. The molecule has 3 nitrogen and oxygen atoms in total. The van der Waals surface area contributed by atoms with E-state index in [4.69, 9.17) is 26.2 Å². The van der Waals surface area contributed by atoms with Gasteiger partial charge in [0, 0.05) is 12.1 Å². The molecule has 0 unspecified atom stereocenters. The zero-order valence-electron chi connectivity index (χ0n) is 8.00. The second-order valence-electron chi connectivity index (χ2n) is 2.83. The first-order valence-corrected chi connectivity index (χ1v) is 4.60. The molecule has 1 aromatic carbocycles. The molecule has 0 amide bonds. The maximum absolute atomic E-state index is 9.05. The first kappa shape index (κ1) is 11.5. The van der Waals surface area contributed by atoms with E-state index in [-0.39, 0.29) is 13.4 Å². The van der Waals surface area contributed by atoms with Crippen LogP contribution in [0.2, 0.25) is 5.02 Å². The third kappa shape index (κ3) is 3.27. The number of hydrogen-bond donors (Lipinski definition) is 1. The van der Waals surface area contributed by atoms with Crippen LogP contribution in [0.25, 0.3) is 0 Å². The molecule has 0 radical (unpaired) electrons. The summed E-state index contributed by atoms with van der Waals surface area (Å²) in [4.78, 5) is 0. The molecule has 0 heterocycles. The van der Waals surface area contributed by atoms with Gasteiger partial charge in [-0.3, -0.25) is 0 Å². The number of hydrogen-bond acceptors (Lipinski definition) is 3. The second kappa shape index (κ2) is 5.98. The Balaban J connectivity index is 2.65. The number of aliphatic hydroxyl groups is 1. The van der Waals surface area contributed by atoms with Gasteiger partial charge in [-0.2, -0.15) is 0 Å². The minimum atomic E-state index is -0.0355. The van der Waals surface area contributed by atoms with Crippen molar-refractivity contribution in [1.29, 1.82) is 0 Å². The molecule has 0 fully saturated rings. The summed E-state index contributed by atoms with van der Waals surface area (Å²) in [6.07, 6.45) is 0. The van der Waals surface area contributed by atoms with Gasteiger partial charge in [0.15, 0.2) is 0 Å². The average molecular weight is 217 g/mol. The van der Waals surface area contributed by atoms with Crippen LogP contribution in [-0.2, 0) is 22.7 Å². The van der Waals surface area contributed by atoms with Gasteiger partial charge in [0.1, 0.15) is 6.79 Å². The van der Waals surface area contributed by atoms with E-state index >= 15 is 0 Å². The molecule has 0 atom stereocenters. The fraction of sp³-hybridized carbons (Fsp3) is 0.400. The lowest BCUT2D eigenvalue weighted by Gasteiger charge is -2.08. The Bertz CT molecular complexity index is 289. The molecule has 0 aliphatic carbocycles. The van der Waals surface area contributed by atoms with Gasteiger partial charge in [0.2, 0.25) is 0 Å². The molecule has 0 aromatic heterocycles. The number of benzene rings is 1. The van der Waals surface area contributed by atoms with Crippen molar-refractivity contribution in [1.82, 2.24) is 0 Å². The molecule has 0 aliphatic heterocycles. The smallest absolute Gasteiger partial charge is 0.146 e. The van der Waals surface area contributed by atoms with Gasteiger partial charge in [-0.1, -0.05) is 17.7 Å². The Hall–Kier alpha value is -0.610. The summed E-state index contributed by atoms with van der Waals surface area (Å²) in [5.74, 6) is 0. The highest BCUT2D eigenvalue weighted by atomic mass is 35.5. The van der Waals surface area contributed by atoms with Crippen LogP contribution in [0.15, 0.2) is 18.2 Å². The van der Waals surface area contributed by atoms with Crippen molar-refractivity contribution in [2.45, 2.75) is 13.2 Å². The Morgan fingerprint density at radius 1 is 1.36 bits per heavy atom. The van der Waals surface area contributed by atoms with Gasteiger partial charge < -0.3 is 14.6 Å². The zero-order chi connectivity index (χ0) is 10.4. The standard InChI is InChI=1S/C10H13ClO3/c1-13-7-14-6-8-2-3-10(11)4-9(8)5-12/h2-4,12H,5-7H2,1H3. The minimum absolute atomic E-state index is 0.0355. The van der Waals surface area contributed by atoms with Crippen molar-refractivity contribution in [3.05, 3.63) is 34.3 Å². The lowest BCUT2D eigenvalue weighted by atomic mass is 10.1. The average Bonchev–Trinajstić information content (AvgIpc) is 2.20. The first-order valence-electron chi connectivity index (χ1n) is 4.22. The van der Waals surface area contributed by atoms with Crippen LogP contribution in [0.4, 0.5) is 0 Å². The van der Waals surface area contributed by atoms with Crippen LogP contribution in [-0.4, -0.2) is 19.0 Å². The van der Waals surface area contributed by atoms with Gasteiger partial charge in [-0.15, -0.1) is 0 Å². The van der Waals surface area contributed by atoms with Gasteiger partial charge in [0.05, 0.1) is 13.2 Å². The predicted molar refractivity (Wildman–Crippen MR) is 54.0 cm³/mol. The van der Waals surface area contributed by atoms with Crippen LogP contribution in [0, 0.1) is 0 Å². The van der Waals surface area contributed by atoms with Crippen LogP contribution in [0.1, 0.15) is 11.1 Å². The van der Waals surface area contributed by atoms with Crippen LogP contribution >= 0.6 is 11.6 Å². The molecule has 1 rings (SSSR count). The molecular formula is C10H13ClO3. The summed E-state index contributed by atoms with van der Waals surface area (Å²) in [5.41, 5.74) is 1.71. The third-order valence-corrected chi connectivity index (χ3v) is 2.03. The Morgan fingerprint density at radius 2 is 2.14 bits per heavy atom. The van der Waals surface area contributed by atoms with E-state index in [2.05, 4.69) is 0 Å². The maximum Gasteiger partial charge on any atom is 0.146 e. The minimum Gasteiger partial charge on any atom is -0.392 e. The van der Waals surface area contributed by atoms with Crippen molar-refractivity contribution in [2.75, 3.05) is 13.9 Å². The number of rotatable bonds is 5. The number of methoxy groups -OCH3 is 1. The Labute approximate surface area is 88.2 Å². The summed E-state index contributed by atoms with van der Waals surface area (Å²) in [6.45, 7) is 0.626. The van der Waals surface area contributed by atoms with Crippen LogP contribution in [0.5, 0.6) is 0 Å². The van der Waals surface area contributed by atoms with Crippen molar-refractivity contribution in [2.24, 2.45) is 0 Å². The molecule has 14 heavy (non-hydrogen) atoms. The molecule has 0 saturated heterocycles. The van der Waals surface area contributed by atoms with Crippen molar-refractivity contribution >= 4 is 11.6 Å². The van der Waals surface area contributed by atoms with Gasteiger partial charge in [-0.25, -0.2) is 0 Å². The van der Waals surface area contributed by atoms with Gasteiger partial charge >= 0.3 is 0 Å². The summed E-state index contributed by atoms with van der Waals surface area (Å²) in [6, 6.07) is 5.34. The van der Waals surface area contributed by atoms with Crippen LogP contribution in [0.3, 0.4) is 0 Å². The largest absolute Gasteiger partial charge is 0.392 e. The normalized spacial score (nSPS) is 10.5. The number of halogens is 1. The molecule has 0 spiro atoms. The summed E-state index contributed by atoms with van der Waals surface area (Å²) in [7, 11) is 1.56. The van der Waals surface area contributed by atoms with Crippen molar-refractivity contribution in [3.8, 4) is 0 Å². The SMILES string of the molecule is COCOCc1ccc(Cl)cc1CO. The number of aliphatic hydroxyl groups excluding tert-OH is 1. The topological polar surface area (TPSA) is 38.7 Å². The van der Waals surface area contributed by atoms with E-state index in [0.717, 1.165) is 11.1 Å². The highest BCUT2D eigenvalue weighted by molar-refractivity contribution is 6.30. The van der Waals surface area contributed by atoms with E-state index < -0.39 is 0 Å². The fourth-order valence-electron chi connectivity index (χ4n) is 1.12. The van der Waals surface area contributed by atoms with Crippen LogP contribution < -0.4 is 0 Å². The summed E-state index contributed by atoms with van der Waals surface area (Å²) < 4.78 is 9.92. The van der Waals surface area contributed by atoms with E-state index in [1.807, 2.05) is 6.07 Å². The summed E-state index contributed by atoms with van der Waals surface area (Å²) in [5, 5.41) is 9.67. The molecule has 78 valence electrons. The molecular weight excluding hydrogens is 204 g/mol. The zero-order valence-corrected chi connectivity index (χ0v) is 8.75. The van der Waals surface area contributed by atoms with Gasteiger partial charge in [0.25, 0.3) is 0 Å². The lowest BCUT2D eigenvalue weighted by molar-refractivity contribution is -0.0394. The van der Waals surface area contributed by atoms with E-state index in [0.29, 0.717) is 11.6 Å². The van der Waals surface area contributed by atoms with E-state index in [1.54, 1.807) is 19.2 Å². The molecule has 0 bridgehead atoms. The van der Waals surface area contributed by atoms with Crippen molar-refractivity contribution < 1.29 is 14.6 Å².